The molecule has 0 saturated heterocycles. The number of nitriles is 1. The molecule has 0 radical (unpaired) electrons. The maximum Gasteiger partial charge on any atom is 0.416 e. The van der Waals surface area contributed by atoms with Crippen molar-refractivity contribution in [1.82, 2.24) is 0 Å². The summed E-state index contributed by atoms with van der Waals surface area (Å²) in [6.45, 7) is 0. The van der Waals surface area contributed by atoms with Crippen molar-refractivity contribution < 1.29 is 13.2 Å². The summed E-state index contributed by atoms with van der Waals surface area (Å²) in [4.78, 5) is 0. The van der Waals surface area contributed by atoms with E-state index >= 15 is 0 Å². The predicted octanol–water partition coefficient (Wildman–Crippen LogP) is 3.73. The van der Waals surface area contributed by atoms with Gasteiger partial charge in [0.1, 0.15) is 0 Å². The van der Waals surface area contributed by atoms with Gasteiger partial charge in [0.2, 0.25) is 0 Å². The van der Waals surface area contributed by atoms with Gasteiger partial charge in [-0.1, -0.05) is 18.2 Å². The second-order valence-corrected chi connectivity index (χ2v) is 3.35. The van der Waals surface area contributed by atoms with Crippen LogP contribution in [0.2, 0.25) is 0 Å². The number of fused-ring (bicyclic) bond motifs is 1. The maximum atomic E-state index is 12.5. The van der Waals surface area contributed by atoms with Crippen LogP contribution in [0.3, 0.4) is 0 Å². The molecule has 0 amide bonds. The molecule has 0 bridgehead atoms. The zero-order valence-electron chi connectivity index (χ0n) is 8.05. The van der Waals surface area contributed by atoms with E-state index < -0.39 is 11.7 Å². The van der Waals surface area contributed by atoms with E-state index in [0.29, 0.717) is 10.8 Å². The van der Waals surface area contributed by atoms with Gasteiger partial charge in [-0.05, 0) is 23.6 Å². The fourth-order valence-corrected chi connectivity index (χ4v) is 1.55. The van der Waals surface area contributed by atoms with Gasteiger partial charge < -0.3 is 0 Å². The van der Waals surface area contributed by atoms with Gasteiger partial charge in [-0.3, -0.25) is 0 Å². The Morgan fingerprint density at radius 2 is 1.81 bits per heavy atom. The van der Waals surface area contributed by atoms with Crippen molar-refractivity contribution in [1.29, 1.82) is 5.26 Å². The lowest BCUT2D eigenvalue weighted by molar-refractivity contribution is -0.137. The van der Waals surface area contributed by atoms with Crippen LogP contribution in [0.5, 0.6) is 0 Å². The molecule has 0 aliphatic heterocycles. The SMILES string of the molecule is N#Cc1cccc2ccc(C(F)(F)F)cc12. The van der Waals surface area contributed by atoms with Crippen LogP contribution in [0.15, 0.2) is 36.4 Å². The van der Waals surface area contributed by atoms with Gasteiger partial charge in [-0.2, -0.15) is 18.4 Å². The van der Waals surface area contributed by atoms with Crippen molar-refractivity contribution in [2.75, 3.05) is 0 Å². The highest BCUT2D eigenvalue weighted by Gasteiger charge is 2.30. The molecule has 2 aromatic rings. The van der Waals surface area contributed by atoms with E-state index in [1.54, 1.807) is 12.1 Å². The largest absolute Gasteiger partial charge is 0.416 e. The van der Waals surface area contributed by atoms with E-state index in [1.165, 1.54) is 12.1 Å². The van der Waals surface area contributed by atoms with Crippen molar-refractivity contribution in [2.45, 2.75) is 6.18 Å². The first-order valence-corrected chi connectivity index (χ1v) is 4.52. The molecule has 1 nitrogen and oxygen atoms in total. The molecule has 0 atom stereocenters. The topological polar surface area (TPSA) is 23.8 Å². The summed E-state index contributed by atoms with van der Waals surface area (Å²) in [6, 6.07) is 10.1. The van der Waals surface area contributed by atoms with Crippen LogP contribution >= 0.6 is 0 Å². The predicted molar refractivity (Wildman–Crippen MR) is 53.7 cm³/mol. The summed E-state index contributed by atoms with van der Waals surface area (Å²) in [5, 5.41) is 9.76. The number of hydrogen-bond acceptors (Lipinski definition) is 1. The van der Waals surface area contributed by atoms with Crippen molar-refractivity contribution in [2.24, 2.45) is 0 Å². The Bertz CT molecular complexity index is 579. The summed E-state index contributed by atoms with van der Waals surface area (Å²) < 4.78 is 37.4. The smallest absolute Gasteiger partial charge is 0.192 e. The van der Waals surface area contributed by atoms with Crippen LogP contribution in [-0.2, 0) is 6.18 Å². The third-order valence-corrected chi connectivity index (χ3v) is 2.33. The molecule has 0 aliphatic carbocycles. The fraction of sp³-hybridized carbons (Fsp3) is 0.0833. The van der Waals surface area contributed by atoms with Gasteiger partial charge in [-0.15, -0.1) is 0 Å². The molecule has 80 valence electrons. The molecule has 16 heavy (non-hydrogen) atoms. The van der Waals surface area contributed by atoms with E-state index in [4.69, 9.17) is 5.26 Å². The average Bonchev–Trinajstić information content (AvgIpc) is 2.26. The Morgan fingerprint density at radius 1 is 1.06 bits per heavy atom. The van der Waals surface area contributed by atoms with Crippen LogP contribution in [-0.4, -0.2) is 0 Å². The highest BCUT2D eigenvalue weighted by molar-refractivity contribution is 5.88. The van der Waals surface area contributed by atoms with Crippen molar-refractivity contribution >= 4 is 10.8 Å². The lowest BCUT2D eigenvalue weighted by Crippen LogP contribution is -2.04. The molecule has 2 aromatic carbocycles. The van der Waals surface area contributed by atoms with Gasteiger partial charge in [-0.25, -0.2) is 0 Å². The minimum atomic E-state index is -4.38. The Morgan fingerprint density at radius 3 is 2.44 bits per heavy atom. The highest BCUT2D eigenvalue weighted by Crippen LogP contribution is 2.32. The molecular weight excluding hydrogens is 215 g/mol. The number of rotatable bonds is 0. The number of halogens is 3. The first-order valence-electron chi connectivity index (χ1n) is 4.52. The second kappa shape index (κ2) is 3.53. The van der Waals surface area contributed by atoms with Crippen LogP contribution in [0.1, 0.15) is 11.1 Å². The fourth-order valence-electron chi connectivity index (χ4n) is 1.55. The molecule has 4 heteroatoms. The Hall–Kier alpha value is -2.02. The van der Waals surface area contributed by atoms with Crippen molar-refractivity contribution in [3.63, 3.8) is 0 Å². The third kappa shape index (κ3) is 1.72. The summed E-state index contributed by atoms with van der Waals surface area (Å²) in [5.41, 5.74) is -0.480. The van der Waals surface area contributed by atoms with Gasteiger partial charge in [0.15, 0.2) is 0 Å². The second-order valence-electron chi connectivity index (χ2n) is 3.35. The van der Waals surface area contributed by atoms with Gasteiger partial charge in [0.05, 0.1) is 17.2 Å². The first kappa shape index (κ1) is 10.5. The van der Waals surface area contributed by atoms with Gasteiger partial charge >= 0.3 is 6.18 Å². The molecule has 0 fully saturated rings. The molecule has 0 heterocycles. The molecule has 2 rings (SSSR count). The summed E-state index contributed by atoms with van der Waals surface area (Å²) in [5.74, 6) is 0. The molecule has 0 saturated carbocycles. The Balaban J connectivity index is 2.75. The van der Waals surface area contributed by atoms with Crippen molar-refractivity contribution in [3.8, 4) is 6.07 Å². The average molecular weight is 221 g/mol. The lowest BCUT2D eigenvalue weighted by Gasteiger charge is -2.08. The van der Waals surface area contributed by atoms with Crippen LogP contribution in [0.25, 0.3) is 10.8 Å². The van der Waals surface area contributed by atoms with Crippen LogP contribution in [0.4, 0.5) is 13.2 Å². The minimum absolute atomic E-state index is 0.253. The Labute approximate surface area is 89.7 Å². The third-order valence-electron chi connectivity index (χ3n) is 2.33. The van der Waals surface area contributed by atoms with Gasteiger partial charge in [0.25, 0.3) is 0 Å². The van der Waals surface area contributed by atoms with E-state index in [0.717, 1.165) is 12.1 Å². The van der Waals surface area contributed by atoms with Crippen LogP contribution < -0.4 is 0 Å². The molecular formula is C12H6F3N. The molecule has 0 N–H and O–H groups in total. The zero-order chi connectivity index (χ0) is 11.8. The monoisotopic (exact) mass is 221 g/mol. The summed E-state index contributed by atoms with van der Waals surface area (Å²) in [6.07, 6.45) is -4.38. The van der Waals surface area contributed by atoms with Crippen LogP contribution in [0, 0.1) is 11.3 Å². The number of hydrogen-bond donors (Lipinski definition) is 0. The highest BCUT2D eigenvalue weighted by atomic mass is 19.4. The van der Waals surface area contributed by atoms with E-state index in [-0.39, 0.29) is 5.56 Å². The minimum Gasteiger partial charge on any atom is -0.192 e. The number of nitrogens with zero attached hydrogens (tertiary/aromatic N) is 1. The molecule has 0 spiro atoms. The zero-order valence-corrected chi connectivity index (χ0v) is 8.05. The molecule has 0 aliphatic rings. The number of benzene rings is 2. The first-order chi connectivity index (χ1) is 7.52. The Kier molecular flexibility index (Phi) is 2.31. The normalized spacial score (nSPS) is 11.4. The van der Waals surface area contributed by atoms with Gasteiger partial charge in [0, 0.05) is 5.39 Å². The quantitative estimate of drug-likeness (QED) is 0.664. The summed E-state index contributed by atoms with van der Waals surface area (Å²) >= 11 is 0. The van der Waals surface area contributed by atoms with Crippen molar-refractivity contribution in [3.05, 3.63) is 47.5 Å². The summed E-state index contributed by atoms with van der Waals surface area (Å²) in [7, 11) is 0. The molecule has 0 unspecified atom stereocenters. The lowest BCUT2D eigenvalue weighted by atomic mass is 10.0. The number of alkyl halides is 3. The maximum absolute atomic E-state index is 12.5. The molecule has 0 aromatic heterocycles. The van der Waals surface area contributed by atoms with E-state index in [2.05, 4.69) is 0 Å². The standard InChI is InChI=1S/C12H6F3N/c13-12(14,15)10-5-4-8-2-1-3-9(7-16)11(8)6-10/h1-6H. The van der Waals surface area contributed by atoms with E-state index in [1.807, 2.05) is 6.07 Å². The van der Waals surface area contributed by atoms with E-state index in [9.17, 15) is 13.2 Å².